The van der Waals surface area contributed by atoms with Gasteiger partial charge in [0.1, 0.15) is 0 Å². The van der Waals surface area contributed by atoms with E-state index in [1.807, 2.05) is 0 Å². The molecule has 0 aromatic heterocycles. The second kappa shape index (κ2) is 7.74. The molecule has 1 atom stereocenters. The fraction of sp³-hybridized carbons (Fsp3) is 0.562. The van der Waals surface area contributed by atoms with Gasteiger partial charge in [0, 0.05) is 13.1 Å². The number of halogens is 3. The molecule has 1 aromatic rings. The number of hydrogen-bond donors (Lipinski definition) is 0. The molecule has 1 unspecified atom stereocenters. The first-order chi connectivity index (χ1) is 11.6. The molecule has 1 aromatic carbocycles. The summed E-state index contributed by atoms with van der Waals surface area (Å²) in [4.78, 5) is 11.8. The highest BCUT2D eigenvalue weighted by Crippen LogP contribution is 2.30. The maximum absolute atomic E-state index is 12.8. The van der Waals surface area contributed by atoms with Gasteiger partial charge in [0.2, 0.25) is 10.0 Å². The predicted octanol–water partition coefficient (Wildman–Crippen LogP) is 2.81. The molecule has 0 amide bonds. The maximum atomic E-state index is 12.8. The molecule has 1 aliphatic heterocycles. The van der Waals surface area contributed by atoms with Gasteiger partial charge in [-0.25, -0.2) is 12.7 Å². The lowest BCUT2D eigenvalue weighted by molar-refractivity contribution is -0.149. The fourth-order valence-electron chi connectivity index (χ4n) is 2.79. The number of nitrogens with zero attached hydrogens (tertiary/aromatic N) is 1. The lowest BCUT2D eigenvalue weighted by Gasteiger charge is -2.30. The fourth-order valence-corrected chi connectivity index (χ4v) is 4.38. The van der Waals surface area contributed by atoms with Gasteiger partial charge in [-0.2, -0.15) is 13.2 Å². The minimum atomic E-state index is -4.53. The van der Waals surface area contributed by atoms with E-state index in [4.69, 9.17) is 4.74 Å². The Morgan fingerprint density at radius 1 is 1.36 bits per heavy atom. The molecule has 1 aliphatic rings. The third-order valence-electron chi connectivity index (χ3n) is 4.00. The van der Waals surface area contributed by atoms with E-state index in [9.17, 15) is 26.4 Å². The number of carbonyl (C=O) groups excluding carboxylic acids is 1. The lowest BCUT2D eigenvalue weighted by atomic mass is 10.0. The molecule has 5 nitrogen and oxygen atoms in total. The van der Waals surface area contributed by atoms with Gasteiger partial charge in [0.05, 0.1) is 23.8 Å². The van der Waals surface area contributed by atoms with Crippen LogP contribution < -0.4 is 0 Å². The Bertz CT molecular complexity index is 718. The van der Waals surface area contributed by atoms with E-state index >= 15 is 0 Å². The molecule has 1 saturated heterocycles. The molecular weight excluding hydrogens is 359 g/mol. The smallest absolute Gasteiger partial charge is 0.416 e. The van der Waals surface area contributed by atoms with Gasteiger partial charge >= 0.3 is 12.1 Å². The van der Waals surface area contributed by atoms with E-state index in [1.54, 1.807) is 6.92 Å². The normalized spacial score (nSPS) is 19.6. The van der Waals surface area contributed by atoms with E-state index in [-0.39, 0.29) is 25.3 Å². The van der Waals surface area contributed by atoms with E-state index in [0.29, 0.717) is 12.8 Å². The van der Waals surface area contributed by atoms with Crippen LogP contribution in [-0.4, -0.2) is 38.4 Å². The minimum Gasteiger partial charge on any atom is -0.466 e. The number of piperidine rings is 1. The SMILES string of the molecule is CCOC(=O)C1CCCN(S(=O)(=O)Cc2cccc(C(F)(F)F)c2)C1. The molecule has 0 aliphatic carbocycles. The van der Waals surface area contributed by atoms with Gasteiger partial charge in [-0.1, -0.05) is 18.2 Å². The van der Waals surface area contributed by atoms with Crippen LogP contribution in [-0.2, 0) is 31.5 Å². The molecule has 0 spiro atoms. The van der Waals surface area contributed by atoms with E-state index in [1.165, 1.54) is 16.4 Å². The van der Waals surface area contributed by atoms with E-state index in [0.717, 1.165) is 12.1 Å². The molecule has 25 heavy (non-hydrogen) atoms. The molecule has 140 valence electrons. The number of carbonyl (C=O) groups is 1. The number of esters is 1. The zero-order chi connectivity index (χ0) is 18.7. The second-order valence-electron chi connectivity index (χ2n) is 5.90. The zero-order valence-electron chi connectivity index (χ0n) is 13.8. The molecule has 9 heteroatoms. The average molecular weight is 379 g/mol. The van der Waals surface area contributed by atoms with Crippen molar-refractivity contribution >= 4 is 16.0 Å². The number of sulfonamides is 1. The maximum Gasteiger partial charge on any atom is 0.416 e. The summed E-state index contributed by atoms with van der Waals surface area (Å²) in [5.74, 6) is -1.52. The minimum absolute atomic E-state index is 0.000127. The molecule has 0 bridgehead atoms. The number of hydrogen-bond acceptors (Lipinski definition) is 4. The average Bonchev–Trinajstić information content (AvgIpc) is 2.54. The van der Waals surface area contributed by atoms with Crippen LogP contribution in [0.5, 0.6) is 0 Å². The molecule has 2 rings (SSSR count). The lowest BCUT2D eigenvalue weighted by Crippen LogP contribution is -2.43. The Labute approximate surface area is 144 Å². The summed E-state index contributed by atoms with van der Waals surface area (Å²) in [6.07, 6.45) is -3.49. The van der Waals surface area contributed by atoms with Crippen LogP contribution in [0.2, 0.25) is 0 Å². The largest absolute Gasteiger partial charge is 0.466 e. The van der Waals surface area contributed by atoms with Crippen molar-refractivity contribution < 1.29 is 31.1 Å². The van der Waals surface area contributed by atoms with Crippen LogP contribution in [0.1, 0.15) is 30.9 Å². The Morgan fingerprint density at radius 3 is 2.72 bits per heavy atom. The first-order valence-corrected chi connectivity index (χ1v) is 9.55. The van der Waals surface area contributed by atoms with Crippen molar-refractivity contribution in [2.24, 2.45) is 5.92 Å². The van der Waals surface area contributed by atoms with Crippen molar-refractivity contribution in [2.75, 3.05) is 19.7 Å². The highest BCUT2D eigenvalue weighted by Gasteiger charge is 2.34. The highest BCUT2D eigenvalue weighted by molar-refractivity contribution is 7.88. The number of ether oxygens (including phenoxy) is 1. The van der Waals surface area contributed by atoms with Crippen molar-refractivity contribution in [3.8, 4) is 0 Å². The van der Waals surface area contributed by atoms with Crippen LogP contribution in [0.4, 0.5) is 13.2 Å². The topological polar surface area (TPSA) is 63.7 Å². The molecule has 0 radical (unpaired) electrons. The molecular formula is C16H20F3NO4S. The molecule has 1 heterocycles. The van der Waals surface area contributed by atoms with Crippen molar-refractivity contribution in [1.29, 1.82) is 0 Å². The summed E-state index contributed by atoms with van der Waals surface area (Å²) in [7, 11) is -3.82. The summed E-state index contributed by atoms with van der Waals surface area (Å²) in [5, 5.41) is 0. The number of rotatable bonds is 5. The van der Waals surface area contributed by atoms with Gasteiger partial charge in [0.15, 0.2) is 0 Å². The van der Waals surface area contributed by atoms with Crippen LogP contribution in [0.15, 0.2) is 24.3 Å². The van der Waals surface area contributed by atoms with Crippen LogP contribution in [0, 0.1) is 5.92 Å². The highest BCUT2D eigenvalue weighted by atomic mass is 32.2. The van der Waals surface area contributed by atoms with Gasteiger partial charge < -0.3 is 4.74 Å². The second-order valence-corrected chi connectivity index (χ2v) is 7.87. The summed E-state index contributed by atoms with van der Waals surface area (Å²) >= 11 is 0. The molecule has 0 saturated carbocycles. The Morgan fingerprint density at radius 2 is 2.08 bits per heavy atom. The van der Waals surface area contributed by atoms with E-state index in [2.05, 4.69) is 0 Å². The van der Waals surface area contributed by atoms with Crippen molar-refractivity contribution in [3.63, 3.8) is 0 Å². The Balaban J connectivity index is 2.12. The summed E-state index contributed by atoms with van der Waals surface area (Å²) in [5.41, 5.74) is -0.823. The van der Waals surface area contributed by atoms with Crippen LogP contribution in [0.25, 0.3) is 0 Å². The Hall–Kier alpha value is -1.61. The van der Waals surface area contributed by atoms with Gasteiger partial charge in [-0.05, 0) is 31.4 Å². The van der Waals surface area contributed by atoms with Crippen molar-refractivity contribution in [3.05, 3.63) is 35.4 Å². The van der Waals surface area contributed by atoms with Gasteiger partial charge in [0.25, 0.3) is 0 Å². The van der Waals surface area contributed by atoms with Gasteiger partial charge in [-0.15, -0.1) is 0 Å². The third-order valence-corrected chi connectivity index (χ3v) is 5.82. The van der Waals surface area contributed by atoms with Crippen molar-refractivity contribution in [2.45, 2.75) is 31.7 Å². The van der Waals surface area contributed by atoms with Gasteiger partial charge in [-0.3, -0.25) is 4.79 Å². The standard InChI is InChI=1S/C16H20F3NO4S/c1-2-24-15(21)13-6-4-8-20(10-13)25(22,23)11-12-5-3-7-14(9-12)16(17,18)19/h3,5,7,9,13H,2,4,6,8,10-11H2,1H3. The predicted molar refractivity (Wildman–Crippen MR) is 85.0 cm³/mol. The monoisotopic (exact) mass is 379 g/mol. The zero-order valence-corrected chi connectivity index (χ0v) is 14.6. The quantitative estimate of drug-likeness (QED) is 0.738. The Kier molecular flexibility index (Phi) is 6.10. The van der Waals surface area contributed by atoms with E-state index < -0.39 is 39.4 Å². The van der Waals surface area contributed by atoms with Crippen LogP contribution >= 0.6 is 0 Å². The molecule has 1 fully saturated rings. The summed E-state index contributed by atoms with van der Waals surface area (Å²) < 4.78 is 69.4. The number of alkyl halides is 3. The first-order valence-electron chi connectivity index (χ1n) is 7.94. The van der Waals surface area contributed by atoms with Crippen LogP contribution in [0.3, 0.4) is 0 Å². The first kappa shape index (κ1) is 19.7. The number of benzene rings is 1. The van der Waals surface area contributed by atoms with Crippen molar-refractivity contribution in [1.82, 2.24) is 4.31 Å². The molecule has 0 N–H and O–H groups in total. The third kappa shape index (κ3) is 5.18. The summed E-state index contributed by atoms with van der Waals surface area (Å²) in [6.45, 7) is 2.13. The summed E-state index contributed by atoms with van der Waals surface area (Å²) in [6, 6.07) is 4.27.